The Morgan fingerprint density at radius 2 is 2.06 bits per heavy atom. The maximum atomic E-state index is 12.9. The number of benzene rings is 1. The molecule has 0 radical (unpaired) electrons. The second-order valence-electron chi connectivity index (χ2n) is 3.70. The molecule has 0 bridgehead atoms. The van der Waals surface area contributed by atoms with E-state index in [4.69, 9.17) is 10.5 Å². The van der Waals surface area contributed by atoms with E-state index >= 15 is 0 Å². The van der Waals surface area contributed by atoms with Crippen LogP contribution in [0.2, 0.25) is 0 Å². The smallest absolute Gasteiger partial charge is 0.307 e. The van der Waals surface area contributed by atoms with Crippen LogP contribution >= 0.6 is 12.4 Å². The van der Waals surface area contributed by atoms with Gasteiger partial charge < -0.3 is 10.5 Å². The van der Waals surface area contributed by atoms with Gasteiger partial charge in [-0.1, -0.05) is 13.0 Å². The summed E-state index contributed by atoms with van der Waals surface area (Å²) in [6.45, 7) is 2.21. The van der Waals surface area contributed by atoms with Crippen LogP contribution in [-0.4, -0.2) is 12.6 Å². The van der Waals surface area contributed by atoms with Gasteiger partial charge in [0.15, 0.2) is 11.6 Å². The van der Waals surface area contributed by atoms with Gasteiger partial charge >= 0.3 is 5.97 Å². The zero-order chi connectivity index (χ0) is 12.8. The molecule has 3 nitrogen and oxygen atoms in total. The topological polar surface area (TPSA) is 52.3 Å². The summed E-state index contributed by atoms with van der Waals surface area (Å²) in [5.74, 6) is -2.35. The van der Waals surface area contributed by atoms with E-state index in [0.29, 0.717) is 12.2 Å². The number of carbonyl (C=O) groups is 1. The molecule has 6 heteroatoms. The molecule has 0 heterocycles. The molecule has 0 aromatic heterocycles. The Morgan fingerprint density at radius 3 is 2.61 bits per heavy atom. The van der Waals surface area contributed by atoms with Crippen LogP contribution in [0.1, 0.15) is 31.4 Å². The highest BCUT2D eigenvalue weighted by atomic mass is 35.5. The summed E-state index contributed by atoms with van der Waals surface area (Å²) in [6.07, 6.45) is 0.678. The summed E-state index contributed by atoms with van der Waals surface area (Å²) in [5.41, 5.74) is 6.07. The van der Waals surface area contributed by atoms with Crippen LogP contribution in [0.3, 0.4) is 0 Å². The van der Waals surface area contributed by atoms with Crippen molar-refractivity contribution in [3.63, 3.8) is 0 Å². The van der Waals surface area contributed by atoms with Gasteiger partial charge in [-0.2, -0.15) is 0 Å². The highest BCUT2D eigenvalue weighted by Gasteiger charge is 2.14. The third-order valence-corrected chi connectivity index (χ3v) is 2.23. The molecule has 0 fully saturated rings. The van der Waals surface area contributed by atoms with E-state index in [0.717, 1.165) is 18.6 Å². The lowest BCUT2D eigenvalue weighted by Gasteiger charge is -2.11. The predicted octanol–water partition coefficient (Wildman–Crippen LogP) is 2.73. The first-order valence-electron chi connectivity index (χ1n) is 5.40. The predicted molar refractivity (Wildman–Crippen MR) is 66.4 cm³/mol. The molecule has 1 aromatic carbocycles. The largest absolute Gasteiger partial charge is 0.466 e. The standard InChI is InChI=1S/C12H15F2NO2.ClH/c1-2-5-17-12(16)7-11(15)8-3-4-9(13)10(14)6-8;/h3-4,6,11H,2,5,7,15H2,1H3;1H. The molecule has 0 aliphatic heterocycles. The Labute approximate surface area is 111 Å². The second kappa shape index (κ2) is 8.00. The minimum atomic E-state index is -0.972. The summed E-state index contributed by atoms with van der Waals surface area (Å²) >= 11 is 0. The number of carbonyl (C=O) groups excluding carboxylic acids is 1. The van der Waals surface area contributed by atoms with Gasteiger partial charge in [0.1, 0.15) is 0 Å². The molecule has 1 aromatic rings. The lowest BCUT2D eigenvalue weighted by molar-refractivity contribution is -0.144. The van der Waals surface area contributed by atoms with Crippen molar-refractivity contribution in [1.29, 1.82) is 0 Å². The molecule has 18 heavy (non-hydrogen) atoms. The first-order chi connectivity index (χ1) is 8.04. The van der Waals surface area contributed by atoms with E-state index in [-0.39, 0.29) is 18.8 Å². The number of nitrogens with two attached hydrogens (primary N) is 1. The molecule has 0 aliphatic rings. The maximum Gasteiger partial charge on any atom is 0.307 e. The first-order valence-corrected chi connectivity index (χ1v) is 5.40. The summed E-state index contributed by atoms with van der Waals surface area (Å²) in [7, 11) is 0. The minimum absolute atomic E-state index is 0. The van der Waals surface area contributed by atoms with Crippen molar-refractivity contribution in [2.75, 3.05) is 6.61 Å². The molecule has 0 aliphatic carbocycles. The summed E-state index contributed by atoms with van der Waals surface area (Å²) in [6, 6.07) is 2.65. The van der Waals surface area contributed by atoms with Crippen LogP contribution < -0.4 is 5.73 Å². The van der Waals surface area contributed by atoms with Crippen molar-refractivity contribution < 1.29 is 18.3 Å². The van der Waals surface area contributed by atoms with Crippen LogP contribution in [0.15, 0.2) is 18.2 Å². The van der Waals surface area contributed by atoms with E-state index in [9.17, 15) is 13.6 Å². The van der Waals surface area contributed by atoms with Crippen molar-refractivity contribution >= 4 is 18.4 Å². The zero-order valence-corrected chi connectivity index (χ0v) is 10.8. The normalized spacial score (nSPS) is 11.6. The Balaban J connectivity index is 0.00000289. The average molecular weight is 280 g/mol. The molecular formula is C12H16ClF2NO2. The third-order valence-electron chi connectivity index (χ3n) is 2.23. The van der Waals surface area contributed by atoms with Crippen LogP contribution in [0.4, 0.5) is 8.78 Å². The molecule has 1 atom stereocenters. The number of halogens is 3. The van der Waals surface area contributed by atoms with Crippen molar-refractivity contribution in [3.05, 3.63) is 35.4 Å². The summed E-state index contributed by atoms with van der Waals surface area (Å²) < 4.78 is 30.5. The number of ether oxygens (including phenoxy) is 1. The summed E-state index contributed by atoms with van der Waals surface area (Å²) in [5, 5.41) is 0. The van der Waals surface area contributed by atoms with E-state index in [2.05, 4.69) is 0 Å². The highest BCUT2D eigenvalue weighted by molar-refractivity contribution is 5.85. The zero-order valence-electron chi connectivity index (χ0n) is 9.99. The quantitative estimate of drug-likeness (QED) is 0.843. The van der Waals surface area contributed by atoms with Gasteiger partial charge in [-0.25, -0.2) is 8.78 Å². The van der Waals surface area contributed by atoms with Crippen molar-refractivity contribution in [2.45, 2.75) is 25.8 Å². The van der Waals surface area contributed by atoms with Crippen LogP contribution in [-0.2, 0) is 9.53 Å². The number of esters is 1. The molecule has 0 spiro atoms. The van der Waals surface area contributed by atoms with Crippen molar-refractivity contribution in [1.82, 2.24) is 0 Å². The summed E-state index contributed by atoms with van der Waals surface area (Å²) in [4.78, 5) is 11.3. The molecule has 102 valence electrons. The third kappa shape index (κ3) is 4.98. The molecule has 0 saturated carbocycles. The van der Waals surface area contributed by atoms with E-state index in [1.807, 2.05) is 6.92 Å². The Bertz CT molecular complexity index is 402. The number of hydrogen-bond donors (Lipinski definition) is 1. The van der Waals surface area contributed by atoms with E-state index < -0.39 is 23.6 Å². The first kappa shape index (κ1) is 16.8. The maximum absolute atomic E-state index is 12.9. The van der Waals surface area contributed by atoms with Gasteiger partial charge in [0, 0.05) is 6.04 Å². The Kier molecular flexibility index (Phi) is 7.47. The molecule has 0 saturated heterocycles. The van der Waals surface area contributed by atoms with Crippen LogP contribution in [0.5, 0.6) is 0 Å². The lowest BCUT2D eigenvalue weighted by atomic mass is 10.0. The fourth-order valence-electron chi connectivity index (χ4n) is 1.32. The number of rotatable bonds is 5. The molecule has 2 N–H and O–H groups in total. The highest BCUT2D eigenvalue weighted by Crippen LogP contribution is 2.17. The van der Waals surface area contributed by atoms with Gasteiger partial charge in [0.05, 0.1) is 13.0 Å². The van der Waals surface area contributed by atoms with E-state index in [1.165, 1.54) is 6.07 Å². The minimum Gasteiger partial charge on any atom is -0.466 e. The van der Waals surface area contributed by atoms with Crippen molar-refractivity contribution in [2.24, 2.45) is 5.73 Å². The SMILES string of the molecule is CCCOC(=O)CC(N)c1ccc(F)c(F)c1.Cl. The van der Waals surface area contributed by atoms with E-state index in [1.54, 1.807) is 0 Å². The van der Waals surface area contributed by atoms with Crippen LogP contribution in [0.25, 0.3) is 0 Å². The van der Waals surface area contributed by atoms with Gasteiger partial charge in [-0.15, -0.1) is 12.4 Å². The fourth-order valence-corrected chi connectivity index (χ4v) is 1.32. The Morgan fingerprint density at radius 1 is 1.39 bits per heavy atom. The Hall–Kier alpha value is -1.20. The molecule has 1 unspecified atom stereocenters. The molecular weight excluding hydrogens is 264 g/mol. The van der Waals surface area contributed by atoms with Gasteiger partial charge in [-0.05, 0) is 24.1 Å². The monoisotopic (exact) mass is 279 g/mol. The fraction of sp³-hybridized carbons (Fsp3) is 0.417. The average Bonchev–Trinajstić information content (AvgIpc) is 2.30. The number of hydrogen-bond acceptors (Lipinski definition) is 3. The molecule has 0 amide bonds. The van der Waals surface area contributed by atoms with Gasteiger partial charge in [0.2, 0.25) is 0 Å². The second-order valence-corrected chi connectivity index (χ2v) is 3.70. The molecule has 1 rings (SSSR count). The van der Waals surface area contributed by atoms with Gasteiger partial charge in [0.25, 0.3) is 0 Å². The van der Waals surface area contributed by atoms with Gasteiger partial charge in [-0.3, -0.25) is 4.79 Å². The van der Waals surface area contributed by atoms with Crippen LogP contribution in [0, 0.1) is 11.6 Å². The van der Waals surface area contributed by atoms with Crippen molar-refractivity contribution in [3.8, 4) is 0 Å². The lowest BCUT2D eigenvalue weighted by Crippen LogP contribution is -2.17.